The van der Waals surface area contributed by atoms with E-state index in [9.17, 15) is 0 Å². The summed E-state index contributed by atoms with van der Waals surface area (Å²) in [4.78, 5) is 11.8. The van der Waals surface area contributed by atoms with Crippen LogP contribution in [0.15, 0.2) is 5.38 Å². The highest BCUT2D eigenvalue weighted by Gasteiger charge is 2.26. The molecule has 1 saturated carbocycles. The number of aromatic nitrogens is 4. The molecule has 3 heterocycles. The Morgan fingerprint density at radius 2 is 2.21 bits per heavy atom. The lowest BCUT2D eigenvalue weighted by Crippen LogP contribution is -2.38. The minimum atomic E-state index is -0.0387. The monoisotopic (exact) mass is 347 g/mol. The predicted molar refractivity (Wildman–Crippen MR) is 93.1 cm³/mol. The predicted octanol–water partition coefficient (Wildman–Crippen LogP) is 3.05. The number of hydrogen-bond donors (Lipinski definition) is 1. The Balaban J connectivity index is 1.37. The van der Waals surface area contributed by atoms with E-state index in [0.717, 1.165) is 44.3 Å². The summed E-state index contributed by atoms with van der Waals surface area (Å²) < 4.78 is 5.87. The summed E-state index contributed by atoms with van der Waals surface area (Å²) in [7, 11) is 0. The Hall–Kier alpha value is -1.31. The molecule has 0 spiro atoms. The van der Waals surface area contributed by atoms with Crippen molar-refractivity contribution in [3.8, 4) is 0 Å². The van der Waals surface area contributed by atoms with Crippen molar-refractivity contribution in [2.45, 2.75) is 57.6 Å². The number of aromatic amines is 1. The molecule has 6 nitrogen and oxygen atoms in total. The lowest BCUT2D eigenvalue weighted by molar-refractivity contribution is -0.0373. The van der Waals surface area contributed by atoms with E-state index in [2.05, 4.69) is 32.4 Å². The van der Waals surface area contributed by atoms with Crippen LogP contribution in [0.5, 0.6) is 0 Å². The highest BCUT2D eigenvalue weighted by Crippen LogP contribution is 2.35. The van der Waals surface area contributed by atoms with E-state index >= 15 is 0 Å². The van der Waals surface area contributed by atoms with Crippen LogP contribution in [-0.4, -0.2) is 44.8 Å². The molecule has 130 valence electrons. The van der Waals surface area contributed by atoms with Crippen LogP contribution < -0.4 is 0 Å². The van der Waals surface area contributed by atoms with Gasteiger partial charge in [0.15, 0.2) is 5.82 Å². The number of morpholine rings is 1. The van der Waals surface area contributed by atoms with Gasteiger partial charge in [-0.3, -0.25) is 10.00 Å². The van der Waals surface area contributed by atoms with Crippen LogP contribution in [0.3, 0.4) is 0 Å². The van der Waals surface area contributed by atoms with Crippen LogP contribution >= 0.6 is 11.3 Å². The van der Waals surface area contributed by atoms with Gasteiger partial charge in [0.2, 0.25) is 0 Å². The van der Waals surface area contributed by atoms with Gasteiger partial charge in [0.1, 0.15) is 11.9 Å². The second-order valence-electron chi connectivity index (χ2n) is 6.75. The molecule has 1 saturated heterocycles. The van der Waals surface area contributed by atoms with Crippen LogP contribution in [0.2, 0.25) is 0 Å². The van der Waals surface area contributed by atoms with Crippen LogP contribution in [0, 0.1) is 0 Å². The molecule has 1 aliphatic carbocycles. The molecule has 1 aliphatic heterocycles. The van der Waals surface area contributed by atoms with Crippen molar-refractivity contribution in [1.82, 2.24) is 25.1 Å². The Labute approximate surface area is 146 Å². The maximum absolute atomic E-state index is 5.87. The summed E-state index contributed by atoms with van der Waals surface area (Å²) in [5.74, 6) is 2.41. The topological polar surface area (TPSA) is 66.9 Å². The fourth-order valence-corrected chi connectivity index (χ4v) is 4.58. The fourth-order valence-electron chi connectivity index (χ4n) is 3.60. The second kappa shape index (κ2) is 7.29. The lowest BCUT2D eigenvalue weighted by Gasteiger charge is -2.31. The average molecular weight is 347 g/mol. The summed E-state index contributed by atoms with van der Waals surface area (Å²) in [6.07, 6.45) is 6.19. The molecular formula is C17H25N5OS. The number of aryl methyl sites for hydroxylation is 1. The molecule has 0 aromatic carbocycles. The fraction of sp³-hybridized carbons (Fsp3) is 0.706. The number of hydrogen-bond acceptors (Lipinski definition) is 6. The standard InChI is InChI=1S/C17H25N5OS/c1-2-15-19-16(21-20-15)14-10-22(7-8-23-14)9-13-11-24-17(18-13)12-5-3-4-6-12/h11-12,14H,2-10H2,1H3,(H,19,20,21)/t14-/m0/s1. The largest absolute Gasteiger partial charge is 0.367 e. The molecular weight excluding hydrogens is 322 g/mol. The minimum absolute atomic E-state index is 0.0387. The maximum Gasteiger partial charge on any atom is 0.180 e. The molecule has 0 radical (unpaired) electrons. The van der Waals surface area contributed by atoms with Crippen molar-refractivity contribution in [1.29, 1.82) is 0 Å². The molecule has 2 fully saturated rings. The van der Waals surface area contributed by atoms with Crippen molar-refractivity contribution in [3.05, 3.63) is 27.7 Å². The molecule has 7 heteroatoms. The van der Waals surface area contributed by atoms with Gasteiger partial charge in [-0.1, -0.05) is 19.8 Å². The van der Waals surface area contributed by atoms with Gasteiger partial charge >= 0.3 is 0 Å². The number of thiazole rings is 1. The number of rotatable bonds is 5. The van der Waals surface area contributed by atoms with Crippen molar-refractivity contribution in [2.24, 2.45) is 0 Å². The smallest absolute Gasteiger partial charge is 0.180 e. The van der Waals surface area contributed by atoms with E-state index in [4.69, 9.17) is 9.72 Å². The van der Waals surface area contributed by atoms with E-state index in [1.807, 2.05) is 11.3 Å². The average Bonchev–Trinajstić information content (AvgIpc) is 3.36. The minimum Gasteiger partial charge on any atom is -0.367 e. The molecule has 2 aromatic heterocycles. The molecule has 2 aliphatic rings. The van der Waals surface area contributed by atoms with Crippen molar-refractivity contribution in [2.75, 3.05) is 19.7 Å². The van der Waals surface area contributed by atoms with Gasteiger partial charge < -0.3 is 4.74 Å². The van der Waals surface area contributed by atoms with E-state index in [1.54, 1.807) is 0 Å². The summed E-state index contributed by atoms with van der Waals surface area (Å²) in [5.41, 5.74) is 1.20. The summed E-state index contributed by atoms with van der Waals surface area (Å²) in [6.45, 7) is 5.46. The third-order valence-corrected chi connectivity index (χ3v) is 6.04. The third-order valence-electron chi connectivity index (χ3n) is 4.98. The first-order valence-corrected chi connectivity index (χ1v) is 9.89. The molecule has 1 atom stereocenters. The Kier molecular flexibility index (Phi) is 4.91. The Morgan fingerprint density at radius 3 is 3.00 bits per heavy atom. The Bertz CT molecular complexity index is 663. The highest BCUT2D eigenvalue weighted by molar-refractivity contribution is 7.09. The summed E-state index contributed by atoms with van der Waals surface area (Å²) in [6, 6.07) is 0. The number of nitrogens with one attached hydrogen (secondary N) is 1. The molecule has 0 unspecified atom stereocenters. The van der Waals surface area contributed by atoms with Crippen LogP contribution in [0.25, 0.3) is 0 Å². The highest BCUT2D eigenvalue weighted by atomic mass is 32.1. The van der Waals surface area contributed by atoms with Gasteiger partial charge in [-0.25, -0.2) is 9.97 Å². The van der Waals surface area contributed by atoms with E-state index in [1.165, 1.54) is 36.4 Å². The van der Waals surface area contributed by atoms with Gasteiger partial charge in [-0.15, -0.1) is 11.3 Å². The first-order valence-electron chi connectivity index (χ1n) is 9.01. The Morgan fingerprint density at radius 1 is 1.33 bits per heavy atom. The summed E-state index contributed by atoms with van der Waals surface area (Å²) in [5, 5.41) is 10.9. The van der Waals surface area contributed by atoms with E-state index in [0.29, 0.717) is 5.92 Å². The summed E-state index contributed by atoms with van der Waals surface area (Å²) >= 11 is 1.84. The zero-order valence-corrected chi connectivity index (χ0v) is 15.0. The van der Waals surface area contributed by atoms with Gasteiger partial charge in [-0.2, -0.15) is 5.10 Å². The normalized spacial score (nSPS) is 23.1. The van der Waals surface area contributed by atoms with Gasteiger partial charge in [0.05, 0.1) is 17.3 Å². The molecule has 0 amide bonds. The van der Waals surface area contributed by atoms with Crippen molar-refractivity contribution in [3.63, 3.8) is 0 Å². The quantitative estimate of drug-likeness (QED) is 0.900. The zero-order chi connectivity index (χ0) is 16.4. The van der Waals surface area contributed by atoms with E-state index < -0.39 is 0 Å². The van der Waals surface area contributed by atoms with Gasteiger partial charge in [-0.05, 0) is 12.8 Å². The molecule has 2 aromatic rings. The number of ether oxygens (including phenoxy) is 1. The van der Waals surface area contributed by atoms with Crippen LogP contribution in [-0.2, 0) is 17.7 Å². The number of H-pyrrole nitrogens is 1. The first-order chi connectivity index (χ1) is 11.8. The second-order valence-corrected chi connectivity index (χ2v) is 7.64. The van der Waals surface area contributed by atoms with Crippen molar-refractivity contribution < 1.29 is 4.74 Å². The zero-order valence-electron chi connectivity index (χ0n) is 14.2. The number of nitrogens with zero attached hydrogens (tertiary/aromatic N) is 4. The maximum atomic E-state index is 5.87. The van der Waals surface area contributed by atoms with E-state index in [-0.39, 0.29) is 6.10 Å². The third kappa shape index (κ3) is 3.53. The van der Waals surface area contributed by atoms with Crippen molar-refractivity contribution >= 4 is 11.3 Å². The first kappa shape index (κ1) is 16.2. The van der Waals surface area contributed by atoms with Crippen LogP contribution in [0.4, 0.5) is 0 Å². The molecule has 1 N–H and O–H groups in total. The molecule has 4 rings (SSSR count). The van der Waals surface area contributed by atoms with Crippen LogP contribution in [0.1, 0.15) is 67.0 Å². The SMILES string of the molecule is CCc1nc([C@@H]2CN(Cc3csc(C4CCCC4)n3)CCO2)n[nH]1. The van der Waals surface area contributed by atoms with Gasteiger partial charge in [0.25, 0.3) is 0 Å². The molecule has 24 heavy (non-hydrogen) atoms. The molecule has 0 bridgehead atoms. The lowest BCUT2D eigenvalue weighted by atomic mass is 10.1. The van der Waals surface area contributed by atoms with Gasteiger partial charge in [0, 0.05) is 37.4 Å².